The summed E-state index contributed by atoms with van der Waals surface area (Å²) < 4.78 is 52.5. The molecule has 32 heavy (non-hydrogen) atoms. The Bertz CT molecular complexity index is 1170. The molecule has 1 aromatic heterocycles. The summed E-state index contributed by atoms with van der Waals surface area (Å²) in [5, 5.41) is 31.0. The van der Waals surface area contributed by atoms with Crippen molar-refractivity contribution >= 4 is 5.97 Å². The third kappa shape index (κ3) is 2.88. The van der Waals surface area contributed by atoms with Gasteiger partial charge in [-0.15, -0.1) is 0 Å². The van der Waals surface area contributed by atoms with Gasteiger partial charge < -0.3 is 19.7 Å². The van der Waals surface area contributed by atoms with Crippen LogP contribution in [-0.2, 0) is 31.6 Å². The van der Waals surface area contributed by atoms with E-state index in [4.69, 9.17) is 14.7 Å². The lowest BCUT2D eigenvalue weighted by atomic mass is 9.72. The Hall–Kier alpha value is -3.19. The predicted molar refractivity (Wildman–Crippen MR) is 104 cm³/mol. The molecule has 3 heterocycles. The Kier molecular flexibility index (Phi) is 4.75. The van der Waals surface area contributed by atoms with E-state index in [1.807, 2.05) is 6.92 Å². The second kappa shape index (κ2) is 6.90. The molecule has 170 valence electrons. The van der Waals surface area contributed by atoms with Crippen LogP contribution in [-0.4, -0.2) is 27.4 Å². The zero-order chi connectivity index (χ0) is 23.6. The van der Waals surface area contributed by atoms with Crippen molar-refractivity contribution in [3.63, 3.8) is 0 Å². The van der Waals surface area contributed by atoms with Crippen LogP contribution in [0.3, 0.4) is 0 Å². The zero-order valence-corrected chi connectivity index (χ0v) is 17.6. The number of ether oxygens (including phenoxy) is 2. The highest BCUT2D eigenvalue weighted by Gasteiger charge is 2.66. The summed E-state index contributed by atoms with van der Waals surface area (Å²) in [6, 6.07) is 4.35. The smallest absolute Gasteiger partial charge is 0.417 e. The Morgan fingerprint density at radius 2 is 1.97 bits per heavy atom. The molecule has 2 N–H and O–H groups in total. The molecule has 2 aliphatic heterocycles. The van der Waals surface area contributed by atoms with Crippen LogP contribution in [0.2, 0.25) is 0 Å². The van der Waals surface area contributed by atoms with Crippen molar-refractivity contribution in [3.05, 3.63) is 40.5 Å². The van der Waals surface area contributed by atoms with Crippen molar-refractivity contribution in [1.82, 2.24) is 4.57 Å². The van der Waals surface area contributed by atoms with Crippen molar-refractivity contribution in [3.8, 4) is 23.5 Å². The Morgan fingerprint density at radius 1 is 1.31 bits per heavy atom. The standard InChI is InChI=1S/C22H21F3N2O5/c1-4-7-31-19(30)14-9-20(2)15-16(21(14,3)32-20)18(29)27(17(15)28)12-6-5-11(10-26)13(8-12)22(23,24)25/h5-6,8,14,28-29H,4,7,9H2,1-3H3/t14-,20-,21+/m0/s1. The van der Waals surface area contributed by atoms with Gasteiger partial charge in [0.25, 0.3) is 0 Å². The fourth-order valence-corrected chi connectivity index (χ4v) is 4.92. The number of carbonyl (C=O) groups excluding carboxylic acids is 1. The van der Waals surface area contributed by atoms with Crippen molar-refractivity contribution in [1.29, 1.82) is 5.26 Å². The van der Waals surface area contributed by atoms with Crippen molar-refractivity contribution in [2.24, 2.45) is 5.92 Å². The molecule has 0 saturated carbocycles. The van der Waals surface area contributed by atoms with Gasteiger partial charge in [-0.1, -0.05) is 6.92 Å². The van der Waals surface area contributed by atoms with Gasteiger partial charge in [-0.3, -0.25) is 9.36 Å². The van der Waals surface area contributed by atoms with E-state index < -0.39 is 52.2 Å². The minimum atomic E-state index is -4.81. The number of nitriles is 1. The summed E-state index contributed by atoms with van der Waals surface area (Å²) in [5.74, 6) is -2.29. The molecule has 2 aromatic rings. The normalized spacial score (nSPS) is 26.1. The lowest BCUT2D eigenvalue weighted by Crippen LogP contribution is -2.35. The molecular formula is C22H21F3N2O5. The molecule has 0 unspecified atom stereocenters. The van der Waals surface area contributed by atoms with Crippen LogP contribution < -0.4 is 0 Å². The second-order valence-electron chi connectivity index (χ2n) is 8.44. The number of carbonyl (C=O) groups is 1. The third-order valence-electron chi connectivity index (χ3n) is 6.26. The van der Waals surface area contributed by atoms with Crippen molar-refractivity contribution in [2.75, 3.05) is 6.61 Å². The number of alkyl halides is 3. The van der Waals surface area contributed by atoms with Gasteiger partial charge in [0.2, 0.25) is 11.8 Å². The van der Waals surface area contributed by atoms with Gasteiger partial charge >= 0.3 is 12.1 Å². The molecule has 3 atom stereocenters. The summed E-state index contributed by atoms with van der Waals surface area (Å²) in [6.07, 6.45) is -4.01. The van der Waals surface area contributed by atoms with Crippen LogP contribution in [0.4, 0.5) is 13.2 Å². The number of aromatic hydroxyl groups is 2. The van der Waals surface area contributed by atoms with Crippen LogP contribution >= 0.6 is 0 Å². The highest BCUT2D eigenvalue weighted by Crippen LogP contribution is 2.66. The average Bonchev–Trinajstić information content (AvgIpc) is 3.25. The van der Waals surface area contributed by atoms with Gasteiger partial charge in [-0.2, -0.15) is 18.4 Å². The van der Waals surface area contributed by atoms with E-state index in [1.54, 1.807) is 13.8 Å². The number of halogens is 3. The molecule has 0 spiro atoms. The van der Waals surface area contributed by atoms with E-state index in [-0.39, 0.29) is 29.8 Å². The number of hydrogen-bond donors (Lipinski definition) is 2. The van der Waals surface area contributed by atoms with Gasteiger partial charge in [0.1, 0.15) is 5.60 Å². The molecule has 1 saturated heterocycles. The number of benzene rings is 1. The summed E-state index contributed by atoms with van der Waals surface area (Å²) >= 11 is 0. The molecule has 7 nitrogen and oxygen atoms in total. The van der Waals surface area contributed by atoms with Crippen LogP contribution in [0.1, 0.15) is 55.9 Å². The second-order valence-corrected chi connectivity index (χ2v) is 8.44. The first-order chi connectivity index (χ1) is 14.9. The Labute approximate surface area is 181 Å². The van der Waals surface area contributed by atoms with Crippen LogP contribution in [0.15, 0.2) is 18.2 Å². The lowest BCUT2D eigenvalue weighted by molar-refractivity contribution is -0.155. The minimum Gasteiger partial charge on any atom is -0.494 e. The molecule has 0 amide bonds. The van der Waals surface area contributed by atoms with Crippen molar-refractivity contribution < 1.29 is 37.7 Å². The summed E-state index contributed by atoms with van der Waals surface area (Å²) in [7, 11) is 0. The molecule has 1 aromatic carbocycles. The quantitative estimate of drug-likeness (QED) is 0.676. The first-order valence-electron chi connectivity index (χ1n) is 10.0. The minimum absolute atomic E-state index is 0.139. The number of aromatic nitrogens is 1. The average molecular weight is 450 g/mol. The topological polar surface area (TPSA) is 105 Å². The van der Waals surface area contributed by atoms with E-state index in [2.05, 4.69) is 0 Å². The fraction of sp³-hybridized carbons (Fsp3) is 0.455. The number of fused-ring (bicyclic) bond motifs is 5. The largest absolute Gasteiger partial charge is 0.494 e. The number of esters is 1. The molecule has 2 bridgehead atoms. The summed E-state index contributed by atoms with van der Waals surface area (Å²) in [6.45, 7) is 5.31. The van der Waals surface area contributed by atoms with Gasteiger partial charge in [0, 0.05) is 0 Å². The molecule has 2 aliphatic rings. The van der Waals surface area contributed by atoms with Crippen LogP contribution in [0.25, 0.3) is 5.69 Å². The zero-order valence-electron chi connectivity index (χ0n) is 17.6. The molecular weight excluding hydrogens is 429 g/mol. The lowest BCUT2D eigenvalue weighted by Gasteiger charge is -2.28. The Balaban J connectivity index is 1.87. The van der Waals surface area contributed by atoms with Crippen molar-refractivity contribution in [2.45, 2.75) is 51.0 Å². The monoisotopic (exact) mass is 450 g/mol. The van der Waals surface area contributed by atoms with Gasteiger partial charge in [0.05, 0.1) is 52.1 Å². The van der Waals surface area contributed by atoms with E-state index in [0.29, 0.717) is 12.5 Å². The maximum atomic E-state index is 13.4. The summed E-state index contributed by atoms with van der Waals surface area (Å²) in [4.78, 5) is 12.6. The highest BCUT2D eigenvalue weighted by molar-refractivity contribution is 5.78. The van der Waals surface area contributed by atoms with Gasteiger partial charge in [-0.05, 0) is 44.9 Å². The van der Waals surface area contributed by atoms with Crippen LogP contribution in [0.5, 0.6) is 11.8 Å². The molecule has 0 aliphatic carbocycles. The fourth-order valence-electron chi connectivity index (χ4n) is 4.92. The van der Waals surface area contributed by atoms with E-state index >= 15 is 0 Å². The molecule has 0 radical (unpaired) electrons. The van der Waals surface area contributed by atoms with E-state index in [9.17, 15) is 28.2 Å². The number of nitrogens with zero attached hydrogens (tertiary/aromatic N) is 2. The third-order valence-corrected chi connectivity index (χ3v) is 6.26. The SMILES string of the molecule is CCCOC(=O)[C@@H]1C[C@]2(C)O[C@@]1(C)c1c2c(O)n(-c2ccc(C#N)c(C(F)(F)F)c2)c1O. The van der Waals surface area contributed by atoms with Crippen LogP contribution in [0, 0.1) is 17.2 Å². The maximum Gasteiger partial charge on any atom is 0.417 e. The maximum absolute atomic E-state index is 13.4. The highest BCUT2D eigenvalue weighted by atomic mass is 19.4. The van der Waals surface area contributed by atoms with Gasteiger partial charge in [0.15, 0.2) is 0 Å². The first-order valence-corrected chi connectivity index (χ1v) is 10.0. The molecule has 4 rings (SSSR count). The van der Waals surface area contributed by atoms with Gasteiger partial charge in [-0.25, -0.2) is 0 Å². The summed E-state index contributed by atoms with van der Waals surface area (Å²) in [5.41, 5.74) is -4.08. The predicted octanol–water partition coefficient (Wildman–Crippen LogP) is 4.21. The molecule has 1 fully saturated rings. The first kappa shape index (κ1) is 22.0. The Morgan fingerprint density at radius 3 is 2.56 bits per heavy atom. The molecule has 10 heteroatoms. The number of hydrogen-bond acceptors (Lipinski definition) is 6. The number of rotatable bonds is 4. The van der Waals surface area contributed by atoms with E-state index in [0.717, 1.165) is 10.6 Å². The van der Waals surface area contributed by atoms with E-state index in [1.165, 1.54) is 12.1 Å².